The molecule has 11 heteroatoms. The summed E-state index contributed by atoms with van der Waals surface area (Å²) < 4.78 is 5.99. The van der Waals surface area contributed by atoms with Gasteiger partial charge in [0.2, 0.25) is 0 Å². The van der Waals surface area contributed by atoms with Crippen LogP contribution in [0.2, 0.25) is 0 Å². The second-order valence-electron chi connectivity index (χ2n) is 8.03. The molecule has 0 bridgehead atoms. The van der Waals surface area contributed by atoms with Crippen LogP contribution in [0.3, 0.4) is 0 Å². The monoisotopic (exact) mass is 468 g/mol. The first-order valence-electron chi connectivity index (χ1n) is 10.7. The first kappa shape index (κ1) is 24.4. The Morgan fingerprint density at radius 3 is 2.35 bits per heavy atom. The van der Waals surface area contributed by atoms with Gasteiger partial charge < -0.3 is 36.2 Å². The lowest BCUT2D eigenvalue weighted by atomic mass is 10.0. The Bertz CT molecular complexity index is 1140. The lowest BCUT2D eigenvalue weighted by molar-refractivity contribution is 0.0683. The molecule has 1 saturated heterocycles. The second-order valence-corrected chi connectivity index (χ2v) is 8.03. The first-order valence-corrected chi connectivity index (χ1v) is 10.7. The summed E-state index contributed by atoms with van der Waals surface area (Å²) in [4.78, 5) is 26.5. The first-order chi connectivity index (χ1) is 16.1. The molecule has 0 saturated carbocycles. The largest absolute Gasteiger partial charge is 0.506 e. The van der Waals surface area contributed by atoms with Crippen molar-refractivity contribution in [3.63, 3.8) is 0 Å². The number of nitrogen functional groups attached to an aromatic ring is 1. The maximum Gasteiger partial charge on any atom is 0.339 e. The molecule has 2 aromatic carbocycles. The molecule has 3 rings (SSSR count). The number of aromatic carboxylic acids is 1. The number of hydrogen-bond acceptors (Lipinski definition) is 6. The molecule has 34 heavy (non-hydrogen) atoms. The van der Waals surface area contributed by atoms with Gasteiger partial charge in [0, 0.05) is 37.2 Å². The summed E-state index contributed by atoms with van der Waals surface area (Å²) in [6.45, 7) is 4.63. The SMILES string of the molecule is CC(=N)N1CCC(Oc2ccc(NC(=O)Nc3cc(C(=N)N)ccc3O)c(C)c2C(=O)O)CC1. The molecule has 1 aliphatic heterocycles. The van der Waals surface area contributed by atoms with E-state index in [0.717, 1.165) is 0 Å². The van der Waals surface area contributed by atoms with Crippen LogP contribution >= 0.6 is 0 Å². The van der Waals surface area contributed by atoms with E-state index in [-0.39, 0.29) is 40.4 Å². The third kappa shape index (κ3) is 5.55. The molecule has 1 aliphatic rings. The Morgan fingerprint density at radius 2 is 1.76 bits per heavy atom. The summed E-state index contributed by atoms with van der Waals surface area (Å²) in [6, 6.07) is 6.46. The average molecular weight is 469 g/mol. The zero-order chi connectivity index (χ0) is 25.0. The van der Waals surface area contributed by atoms with Crippen molar-refractivity contribution < 1.29 is 24.5 Å². The number of nitrogens with one attached hydrogen (secondary N) is 4. The maximum atomic E-state index is 12.5. The van der Waals surface area contributed by atoms with Crippen molar-refractivity contribution in [2.24, 2.45) is 5.73 Å². The van der Waals surface area contributed by atoms with Gasteiger partial charge in [0.25, 0.3) is 0 Å². The van der Waals surface area contributed by atoms with Gasteiger partial charge in [-0.05, 0) is 49.7 Å². The van der Waals surface area contributed by atoms with Crippen LogP contribution in [0.25, 0.3) is 0 Å². The number of hydrogen-bond donors (Lipinski definition) is 7. The highest BCUT2D eigenvalue weighted by atomic mass is 16.5. The summed E-state index contributed by atoms with van der Waals surface area (Å²) >= 11 is 0. The number of nitrogens with two attached hydrogens (primary N) is 1. The Kier molecular flexibility index (Phi) is 7.24. The Hall–Kier alpha value is -4.28. The number of benzene rings is 2. The van der Waals surface area contributed by atoms with Crippen LogP contribution in [-0.4, -0.2) is 58.0 Å². The Balaban J connectivity index is 1.75. The number of rotatable bonds is 6. The molecule has 0 aromatic heterocycles. The number of ether oxygens (including phenoxy) is 1. The van der Waals surface area contributed by atoms with Crippen LogP contribution in [0.5, 0.6) is 11.5 Å². The number of amides is 2. The number of phenols is 1. The quantitative estimate of drug-likeness (QED) is 0.193. The number of urea groups is 1. The number of carbonyl (C=O) groups excluding carboxylic acids is 1. The molecule has 2 aromatic rings. The van der Waals surface area contributed by atoms with Crippen LogP contribution in [0, 0.1) is 17.7 Å². The summed E-state index contributed by atoms with van der Waals surface area (Å²) in [5.41, 5.74) is 6.34. The lowest BCUT2D eigenvalue weighted by Crippen LogP contribution is -2.40. The molecule has 1 heterocycles. The van der Waals surface area contributed by atoms with Gasteiger partial charge in [-0.1, -0.05) is 0 Å². The van der Waals surface area contributed by atoms with Crippen molar-refractivity contribution in [2.75, 3.05) is 23.7 Å². The molecular formula is C23H28N6O5. The zero-order valence-electron chi connectivity index (χ0n) is 18.9. The minimum Gasteiger partial charge on any atom is -0.506 e. The zero-order valence-corrected chi connectivity index (χ0v) is 18.9. The van der Waals surface area contributed by atoms with E-state index in [0.29, 0.717) is 42.9 Å². The normalized spacial score (nSPS) is 13.8. The number of amidine groups is 2. The van der Waals surface area contributed by atoms with Crippen molar-refractivity contribution in [2.45, 2.75) is 32.8 Å². The van der Waals surface area contributed by atoms with Gasteiger partial charge in [-0.15, -0.1) is 0 Å². The smallest absolute Gasteiger partial charge is 0.339 e. The fourth-order valence-corrected chi connectivity index (χ4v) is 3.75. The molecule has 1 fully saturated rings. The standard InChI is InChI=1S/C23H28N6O5/c1-12-16(27-23(33)28-17-11-14(21(25)26)3-5-18(17)30)4-6-19(20(12)22(31)32)34-15-7-9-29(10-8-15)13(2)24/h3-6,11,15,24,30H,7-10H2,1-2H3,(H3,25,26)(H,31,32)(H2,27,28,33). The number of nitrogens with zero attached hydrogens (tertiary/aromatic N) is 1. The number of piperidine rings is 1. The van der Waals surface area contributed by atoms with E-state index >= 15 is 0 Å². The van der Waals surface area contributed by atoms with Gasteiger partial charge >= 0.3 is 12.0 Å². The van der Waals surface area contributed by atoms with Gasteiger partial charge in [-0.25, -0.2) is 9.59 Å². The van der Waals surface area contributed by atoms with E-state index in [1.54, 1.807) is 19.9 Å². The van der Waals surface area contributed by atoms with Crippen LogP contribution in [-0.2, 0) is 0 Å². The van der Waals surface area contributed by atoms with Gasteiger partial charge in [-0.2, -0.15) is 0 Å². The molecular weight excluding hydrogens is 440 g/mol. The number of anilines is 2. The maximum absolute atomic E-state index is 12.5. The van der Waals surface area contributed by atoms with E-state index in [4.69, 9.17) is 21.3 Å². The predicted molar refractivity (Wildman–Crippen MR) is 129 cm³/mol. The molecule has 0 atom stereocenters. The molecule has 0 radical (unpaired) electrons. The minimum atomic E-state index is -1.18. The van der Waals surface area contributed by atoms with Crippen molar-refractivity contribution >= 4 is 35.0 Å². The molecule has 8 N–H and O–H groups in total. The predicted octanol–water partition coefficient (Wildman–Crippen LogP) is 3.17. The van der Waals surface area contributed by atoms with Crippen LogP contribution in [0.15, 0.2) is 30.3 Å². The van der Waals surface area contributed by atoms with Crippen LogP contribution in [0.1, 0.15) is 41.3 Å². The molecule has 0 spiro atoms. The van der Waals surface area contributed by atoms with E-state index < -0.39 is 12.0 Å². The van der Waals surface area contributed by atoms with Crippen LogP contribution < -0.4 is 21.1 Å². The molecule has 0 unspecified atom stereocenters. The summed E-state index contributed by atoms with van der Waals surface area (Å²) in [7, 11) is 0. The van der Waals surface area contributed by atoms with Crippen molar-refractivity contribution in [1.82, 2.24) is 4.90 Å². The average Bonchev–Trinajstić information content (AvgIpc) is 2.77. The lowest BCUT2D eigenvalue weighted by Gasteiger charge is -2.33. The third-order valence-electron chi connectivity index (χ3n) is 5.65. The molecule has 180 valence electrons. The van der Waals surface area contributed by atoms with Crippen molar-refractivity contribution in [1.29, 1.82) is 10.8 Å². The summed E-state index contributed by atoms with van der Waals surface area (Å²) in [5, 5.41) is 40.0. The fraction of sp³-hybridized carbons (Fsp3) is 0.304. The van der Waals surface area contributed by atoms with Crippen molar-refractivity contribution in [3.8, 4) is 11.5 Å². The van der Waals surface area contributed by atoms with E-state index in [1.807, 2.05) is 4.90 Å². The highest BCUT2D eigenvalue weighted by Gasteiger charge is 2.25. The van der Waals surface area contributed by atoms with E-state index in [9.17, 15) is 19.8 Å². The number of aromatic hydroxyl groups is 1. The number of carbonyl (C=O) groups is 2. The van der Waals surface area contributed by atoms with E-state index in [2.05, 4.69) is 10.6 Å². The van der Waals surface area contributed by atoms with Gasteiger partial charge in [0.1, 0.15) is 29.0 Å². The highest BCUT2D eigenvalue weighted by Crippen LogP contribution is 2.31. The fourth-order valence-electron chi connectivity index (χ4n) is 3.75. The van der Waals surface area contributed by atoms with E-state index in [1.165, 1.54) is 24.3 Å². The minimum absolute atomic E-state index is 0.0489. The van der Waals surface area contributed by atoms with Gasteiger partial charge in [-0.3, -0.25) is 10.8 Å². The number of likely N-dealkylation sites (tertiary alicyclic amines) is 1. The number of carboxylic acid groups (broad SMARTS) is 1. The Labute approximate surface area is 196 Å². The van der Waals surface area contributed by atoms with Gasteiger partial charge in [0.05, 0.1) is 11.5 Å². The third-order valence-corrected chi connectivity index (χ3v) is 5.65. The number of carboxylic acids is 1. The summed E-state index contributed by atoms with van der Waals surface area (Å²) in [5.74, 6) is -0.907. The molecule has 11 nitrogen and oxygen atoms in total. The molecule has 0 aliphatic carbocycles. The highest BCUT2D eigenvalue weighted by molar-refractivity contribution is 6.04. The molecule has 2 amide bonds. The van der Waals surface area contributed by atoms with Crippen molar-refractivity contribution in [3.05, 3.63) is 47.0 Å². The van der Waals surface area contributed by atoms with Crippen LogP contribution in [0.4, 0.5) is 16.2 Å². The number of phenolic OH excluding ortho intramolecular Hbond substituents is 1. The topological polar surface area (TPSA) is 185 Å². The summed E-state index contributed by atoms with van der Waals surface area (Å²) in [6.07, 6.45) is 1.16. The Morgan fingerprint density at radius 1 is 1.12 bits per heavy atom. The second kappa shape index (κ2) is 10.1. The van der Waals surface area contributed by atoms with Gasteiger partial charge in [0.15, 0.2) is 0 Å².